The average molecular weight is 1930 g/mol. The summed E-state index contributed by atoms with van der Waals surface area (Å²) in [7, 11) is 10.2. The summed E-state index contributed by atoms with van der Waals surface area (Å²) in [5.41, 5.74) is 2.33. The first-order valence-corrected chi connectivity index (χ1v) is 46.8. The van der Waals surface area contributed by atoms with Crippen LogP contribution in [0.5, 0.6) is 23.0 Å². The van der Waals surface area contributed by atoms with Crippen molar-refractivity contribution < 1.29 is 91.1 Å². The molecule has 142 heavy (non-hydrogen) atoms. The predicted octanol–water partition coefficient (Wildman–Crippen LogP) is 4.89. The number of pyridine rings is 2. The van der Waals surface area contributed by atoms with Gasteiger partial charge in [-0.1, -0.05) is 95.9 Å². The molecular weight excluding hydrogens is 1820 g/mol. The van der Waals surface area contributed by atoms with E-state index < -0.39 is 92.8 Å². The fourth-order valence-electron chi connectivity index (χ4n) is 19.4. The van der Waals surface area contributed by atoms with Crippen LogP contribution in [0.15, 0.2) is 152 Å². The minimum absolute atomic E-state index is 0.0528. The summed E-state index contributed by atoms with van der Waals surface area (Å²) in [4.78, 5) is 171. The number of hydrogen-bond acceptors (Lipinski definition) is 24. The lowest BCUT2D eigenvalue weighted by Crippen LogP contribution is -2.54. The number of amides is 16. The van der Waals surface area contributed by atoms with Gasteiger partial charge in [-0.25, -0.2) is 23.6 Å². The van der Waals surface area contributed by atoms with Crippen LogP contribution in [0, 0.1) is 59.1 Å². The molecule has 12 N–H and O–H groups in total. The van der Waals surface area contributed by atoms with Gasteiger partial charge in [0, 0.05) is 94.8 Å². The number of methoxy groups -OCH3 is 4. The number of nitrogens with zero attached hydrogens (tertiary/aromatic N) is 8. The third-order valence-corrected chi connectivity index (χ3v) is 27.8. The molecule has 0 saturated carbocycles. The maximum atomic E-state index is 14.7. The molecular formula is C105H107FN18O18. The molecule has 8 saturated heterocycles. The number of imide groups is 4. The van der Waals surface area contributed by atoms with Gasteiger partial charge in [0.1, 0.15) is 17.2 Å². The van der Waals surface area contributed by atoms with Gasteiger partial charge in [0.05, 0.1) is 71.4 Å². The van der Waals surface area contributed by atoms with E-state index in [1.807, 2.05) is 54.6 Å². The molecule has 2 aromatic heterocycles. The van der Waals surface area contributed by atoms with E-state index in [0.29, 0.717) is 119 Å². The van der Waals surface area contributed by atoms with Gasteiger partial charge in [0.15, 0.2) is 11.6 Å². The normalized spacial score (nSPS) is 22.4. The molecule has 0 unspecified atom stereocenters. The Morgan fingerprint density at radius 3 is 1.07 bits per heavy atom. The van der Waals surface area contributed by atoms with E-state index in [2.05, 4.69) is 134 Å². The van der Waals surface area contributed by atoms with Gasteiger partial charge in [-0.3, -0.25) is 69.6 Å². The molecule has 36 nitrogen and oxygen atoms in total. The number of aromatic nitrogens is 2. The standard InChI is InChI=1S/C27H29N5O4.C26H25FN4O5.C26H27N5O4.C26H26N4O5/c1-31-11-8-18(9-12-31)13-21-5-3-19(15-28-21)7-10-27(25(34)29-26(35)30-27)17-32-16-20-4-6-22(36-2)14-23(20)24(32)33;1-36-19-7-4-17-14-31(22(32)20(17)21(19)27)15-25(23(33)29-24(34)30-25)9-8-16-2-5-18(6-3-16)26(35)10-12-28-13-11-26;1-30-11-8-18(9-12-30)22-6-3-17(14-27-22)7-10-26(24(33)28-25(34)29-26)16-31-15-19-4-5-20(35-2)13-21(19)23(31)32;1-35-20-7-4-18-15-30(22(31)21(18)14-20)16-25(23(32)28-24(33)29-25)9-8-17-2-5-19(6-3-17)26(34)10-12-27-13-11-26/h3-6,14-15,18H,8-9,11-13,16-17H2,1-2H3,(H2,29,30,34,35);2-7,28,35H,10-15H2,1H3,(H2,29,30,33,34);3-6,13-14,18H,8-9,11-12,15-16H2,1-2H3,(H2,28,29,33,34);2-7,14,27,34H,10-13,15-16H2,1H3,(H2,28,29,32,33)/t27-;25-;26-;25-/m1111/s1. The van der Waals surface area contributed by atoms with Crippen LogP contribution in [0.25, 0.3) is 0 Å². The summed E-state index contributed by atoms with van der Waals surface area (Å²) >= 11 is 0. The van der Waals surface area contributed by atoms with Crippen LogP contribution in [0.2, 0.25) is 0 Å². The van der Waals surface area contributed by atoms with Crippen molar-refractivity contribution >= 4 is 71.4 Å². The monoisotopic (exact) mass is 1930 g/mol. The first-order chi connectivity index (χ1) is 68.3. The Bertz CT molecular complexity index is 6650. The summed E-state index contributed by atoms with van der Waals surface area (Å²) in [5.74, 6) is 21.7. The molecule has 0 aliphatic carbocycles. The lowest BCUT2D eigenvalue weighted by atomic mass is 9.85. The highest BCUT2D eigenvalue weighted by molar-refractivity contribution is 6.13. The van der Waals surface area contributed by atoms with E-state index in [4.69, 9.17) is 18.9 Å². The van der Waals surface area contributed by atoms with Gasteiger partial charge in [-0.05, 0) is 255 Å². The van der Waals surface area contributed by atoms with Crippen molar-refractivity contribution in [1.29, 1.82) is 0 Å². The second kappa shape index (κ2) is 41.1. The molecule has 12 aliphatic heterocycles. The van der Waals surface area contributed by atoms with Crippen molar-refractivity contribution in [1.82, 2.24) is 92.5 Å². The van der Waals surface area contributed by atoms with Gasteiger partial charge >= 0.3 is 24.1 Å². The van der Waals surface area contributed by atoms with Crippen LogP contribution in [0.4, 0.5) is 23.6 Å². The van der Waals surface area contributed by atoms with Crippen molar-refractivity contribution in [2.75, 3.05) is 121 Å². The van der Waals surface area contributed by atoms with Gasteiger partial charge in [-0.15, -0.1) is 0 Å². The zero-order valence-corrected chi connectivity index (χ0v) is 79.1. The van der Waals surface area contributed by atoms with Gasteiger partial charge in [-0.2, -0.15) is 0 Å². The van der Waals surface area contributed by atoms with Crippen molar-refractivity contribution in [3.8, 4) is 70.4 Å². The van der Waals surface area contributed by atoms with Crippen LogP contribution in [0.1, 0.15) is 166 Å². The van der Waals surface area contributed by atoms with E-state index in [0.717, 1.165) is 111 Å². The summed E-state index contributed by atoms with van der Waals surface area (Å²) in [5, 5.41) is 47.6. The molecule has 6 aromatic carbocycles. The Morgan fingerprint density at radius 2 is 0.732 bits per heavy atom. The maximum absolute atomic E-state index is 14.7. The van der Waals surface area contributed by atoms with E-state index in [1.54, 1.807) is 91.3 Å². The highest BCUT2D eigenvalue weighted by atomic mass is 19.1. The predicted molar refractivity (Wildman–Crippen MR) is 513 cm³/mol. The number of hydrogen-bond donors (Lipinski definition) is 12. The molecule has 732 valence electrons. The van der Waals surface area contributed by atoms with Crippen LogP contribution in [-0.4, -0.2) is 264 Å². The molecule has 4 atom stereocenters. The molecule has 20 rings (SSSR count). The summed E-state index contributed by atoms with van der Waals surface area (Å²) < 4.78 is 35.4. The number of ether oxygens (including phenoxy) is 4. The highest BCUT2D eigenvalue weighted by Gasteiger charge is 2.54. The highest BCUT2D eigenvalue weighted by Crippen LogP contribution is 2.39. The van der Waals surface area contributed by atoms with Crippen molar-refractivity contribution in [3.05, 3.63) is 247 Å². The maximum Gasteiger partial charge on any atom is 0.323 e. The van der Waals surface area contributed by atoms with Crippen LogP contribution >= 0.6 is 0 Å². The minimum Gasteiger partial charge on any atom is -0.497 e. The van der Waals surface area contributed by atoms with Crippen molar-refractivity contribution in [3.63, 3.8) is 0 Å². The minimum atomic E-state index is -1.71. The number of rotatable bonds is 17. The SMILES string of the molecule is COc1ccc2c(c1)C(=O)N(C[C@@]1(C#Cc3ccc(C4(O)CCNCC4)cc3)NC(=O)NC1=O)C2.COc1ccc2c(c1)C(=O)N(C[C@@]1(C#Cc3ccc(C4CCN(C)CC4)nc3)NC(=O)NC1=O)C2.COc1ccc2c(c1)C(=O)N(C[C@@]1(C#Cc3ccc(CC4CCN(C)CC4)nc3)NC(=O)NC1=O)C2.COc1ccc2c(c1F)C(=O)N(C[C@@]1(C#Cc3ccc(C4(O)CCNCC4)cc3)NC(=O)NC1=O)C2. The quantitative estimate of drug-likeness (QED) is 0.0426. The fraction of sp³-hybridized carbons (Fsp3) is 0.371. The van der Waals surface area contributed by atoms with Crippen LogP contribution in [0.3, 0.4) is 0 Å². The number of halogens is 1. The number of likely N-dealkylation sites (tertiary alicyclic amines) is 2. The number of piperidine rings is 4. The van der Waals surface area contributed by atoms with Gasteiger partial charge in [0.25, 0.3) is 47.3 Å². The molecule has 0 bridgehead atoms. The van der Waals surface area contributed by atoms with Gasteiger partial charge in [0.2, 0.25) is 22.2 Å². The third-order valence-electron chi connectivity index (χ3n) is 27.8. The third kappa shape index (κ3) is 21.0. The lowest BCUT2D eigenvalue weighted by Gasteiger charge is -2.33. The Hall–Kier alpha value is -15.6. The molecule has 37 heteroatoms. The van der Waals surface area contributed by atoms with Crippen LogP contribution < -0.4 is 72.1 Å². The number of urea groups is 4. The fourth-order valence-corrected chi connectivity index (χ4v) is 19.4. The molecule has 12 aliphatic rings. The van der Waals surface area contributed by atoms with Crippen molar-refractivity contribution in [2.45, 2.75) is 123 Å². The topological polar surface area (TPSA) is 448 Å². The molecule has 0 radical (unpaired) electrons. The van der Waals surface area contributed by atoms with Crippen LogP contribution in [-0.2, 0) is 63.0 Å². The number of fused-ring (bicyclic) bond motifs is 4. The molecule has 8 fully saturated rings. The number of carbonyl (C=O) groups excluding carboxylic acids is 12. The smallest absolute Gasteiger partial charge is 0.323 e. The second-order valence-corrected chi connectivity index (χ2v) is 37.3. The number of carbonyl (C=O) groups is 12. The Morgan fingerprint density at radius 1 is 0.394 bits per heavy atom. The number of aliphatic hydroxyl groups is 2. The molecule has 8 aromatic rings. The molecule has 0 spiro atoms. The van der Waals surface area contributed by atoms with E-state index in [9.17, 15) is 72.1 Å². The molecule has 16 amide bonds. The zero-order valence-electron chi connectivity index (χ0n) is 79.1. The number of benzene rings is 6. The Kier molecular flexibility index (Phi) is 28.3. The Labute approximate surface area is 818 Å². The summed E-state index contributed by atoms with van der Waals surface area (Å²) in [6, 6.07) is 38.3. The van der Waals surface area contributed by atoms with Crippen molar-refractivity contribution in [2.24, 2.45) is 5.92 Å². The second-order valence-electron chi connectivity index (χ2n) is 37.3. The van der Waals surface area contributed by atoms with E-state index in [1.165, 1.54) is 66.9 Å². The first-order valence-electron chi connectivity index (χ1n) is 46.8. The largest absolute Gasteiger partial charge is 0.497 e. The molecule has 14 heterocycles. The van der Waals surface area contributed by atoms with E-state index >= 15 is 0 Å². The number of nitrogens with one attached hydrogen (secondary N) is 10. The Balaban J connectivity index is 0.000000130. The lowest BCUT2D eigenvalue weighted by molar-refractivity contribution is -0.123. The summed E-state index contributed by atoms with van der Waals surface area (Å²) in [6.07, 6.45) is 11.3. The summed E-state index contributed by atoms with van der Waals surface area (Å²) in [6.45, 7) is 7.77. The van der Waals surface area contributed by atoms with E-state index in [-0.39, 0.29) is 61.8 Å². The average Bonchev–Trinajstić information content (AvgIpc) is 1.62. The first kappa shape index (κ1) is 98.0. The zero-order chi connectivity index (χ0) is 100.0. The van der Waals surface area contributed by atoms with Gasteiger partial charge < -0.3 is 90.5 Å².